The van der Waals surface area contributed by atoms with Crippen molar-refractivity contribution in [1.82, 2.24) is 9.21 Å². The van der Waals surface area contributed by atoms with Crippen LogP contribution in [0.3, 0.4) is 0 Å². The van der Waals surface area contributed by atoms with Crippen LogP contribution in [-0.2, 0) is 14.8 Å². The van der Waals surface area contributed by atoms with Crippen LogP contribution in [0.4, 0.5) is 11.4 Å². The number of nitro benzene ring substituents is 1. The van der Waals surface area contributed by atoms with Gasteiger partial charge in [0.25, 0.3) is 5.69 Å². The normalized spacial score (nSPS) is 22.4. The highest BCUT2D eigenvalue weighted by Gasteiger charge is 2.31. The summed E-state index contributed by atoms with van der Waals surface area (Å²) in [7, 11) is -3.75. The van der Waals surface area contributed by atoms with Crippen molar-refractivity contribution in [2.45, 2.75) is 44.6 Å². The van der Waals surface area contributed by atoms with Crippen LogP contribution in [0.2, 0.25) is 0 Å². The highest BCUT2D eigenvalue weighted by Crippen LogP contribution is 2.31. The third-order valence-corrected chi connectivity index (χ3v) is 8.07. The van der Waals surface area contributed by atoms with Crippen molar-refractivity contribution in [3.05, 3.63) is 28.3 Å². The van der Waals surface area contributed by atoms with E-state index in [9.17, 15) is 18.5 Å². The minimum atomic E-state index is -3.75. The molecule has 2 atom stereocenters. The van der Waals surface area contributed by atoms with Crippen LogP contribution in [0, 0.1) is 22.0 Å². The lowest BCUT2D eigenvalue weighted by atomic mass is 10.0. The van der Waals surface area contributed by atoms with Gasteiger partial charge in [0.15, 0.2) is 0 Å². The van der Waals surface area contributed by atoms with Crippen molar-refractivity contribution >= 4 is 21.4 Å². The molecule has 1 aromatic rings. The second kappa shape index (κ2) is 10.2. The van der Waals surface area contributed by atoms with Gasteiger partial charge in [-0.3, -0.25) is 15.0 Å². The Morgan fingerprint density at radius 2 is 1.97 bits per heavy atom. The van der Waals surface area contributed by atoms with E-state index in [4.69, 9.17) is 4.74 Å². The molecule has 2 aliphatic heterocycles. The fraction of sp³-hybridized carbons (Fsp3) is 0.714. The van der Waals surface area contributed by atoms with E-state index in [-0.39, 0.29) is 22.5 Å². The molecule has 2 unspecified atom stereocenters. The predicted molar refractivity (Wildman–Crippen MR) is 120 cm³/mol. The van der Waals surface area contributed by atoms with Crippen molar-refractivity contribution in [2.24, 2.45) is 11.8 Å². The monoisotopic (exact) mass is 454 g/mol. The average molecular weight is 455 g/mol. The number of sulfonamides is 1. The summed E-state index contributed by atoms with van der Waals surface area (Å²) < 4.78 is 33.0. The Kier molecular flexibility index (Phi) is 7.90. The van der Waals surface area contributed by atoms with Gasteiger partial charge in [-0.2, -0.15) is 4.31 Å². The van der Waals surface area contributed by atoms with Gasteiger partial charge in [-0.25, -0.2) is 8.42 Å². The zero-order chi connectivity index (χ0) is 22.6. The summed E-state index contributed by atoms with van der Waals surface area (Å²) in [6.45, 7) is 10.8. The molecule has 0 aromatic heterocycles. The van der Waals surface area contributed by atoms with Gasteiger partial charge in [-0.15, -0.1) is 0 Å². The molecule has 174 valence electrons. The van der Waals surface area contributed by atoms with Crippen LogP contribution in [0.1, 0.15) is 33.6 Å². The molecule has 3 rings (SSSR count). The first kappa shape index (κ1) is 23.9. The van der Waals surface area contributed by atoms with Crippen molar-refractivity contribution in [1.29, 1.82) is 0 Å². The van der Waals surface area contributed by atoms with Crippen molar-refractivity contribution in [3.63, 3.8) is 0 Å². The number of morpholine rings is 1. The number of hydrogen-bond acceptors (Lipinski definition) is 7. The number of ether oxygens (including phenoxy) is 1. The topological polar surface area (TPSA) is 105 Å². The fourth-order valence-electron chi connectivity index (χ4n) is 4.40. The molecule has 0 radical (unpaired) electrons. The molecular formula is C21H34N4O5S. The Morgan fingerprint density at radius 1 is 1.26 bits per heavy atom. The van der Waals surface area contributed by atoms with E-state index < -0.39 is 14.9 Å². The number of hydrogen-bond donors (Lipinski definition) is 1. The number of benzene rings is 1. The average Bonchev–Trinajstić information content (AvgIpc) is 2.74. The molecule has 2 saturated heterocycles. The van der Waals surface area contributed by atoms with Crippen molar-refractivity contribution in [3.8, 4) is 0 Å². The van der Waals surface area contributed by atoms with E-state index in [0.717, 1.165) is 25.9 Å². The van der Waals surface area contributed by atoms with Crippen molar-refractivity contribution < 1.29 is 18.1 Å². The molecule has 2 heterocycles. The Morgan fingerprint density at radius 3 is 2.58 bits per heavy atom. The first-order chi connectivity index (χ1) is 14.7. The summed E-state index contributed by atoms with van der Waals surface area (Å²) in [4.78, 5) is 13.5. The van der Waals surface area contributed by atoms with E-state index >= 15 is 0 Å². The number of rotatable bonds is 8. The first-order valence-corrected chi connectivity index (χ1v) is 12.5. The Hall–Kier alpha value is -1.75. The molecule has 9 nitrogen and oxygen atoms in total. The highest BCUT2D eigenvalue weighted by molar-refractivity contribution is 7.89. The molecule has 31 heavy (non-hydrogen) atoms. The second-order valence-electron chi connectivity index (χ2n) is 8.89. The molecule has 2 aliphatic rings. The van der Waals surface area contributed by atoms with E-state index in [1.807, 2.05) is 6.92 Å². The summed E-state index contributed by atoms with van der Waals surface area (Å²) in [6, 6.07) is 4.38. The van der Waals surface area contributed by atoms with Gasteiger partial charge in [0.05, 0.1) is 23.0 Å². The minimum absolute atomic E-state index is 0.0209. The maximum atomic E-state index is 13.0. The molecule has 0 spiro atoms. The third kappa shape index (κ3) is 5.74. The SMILES string of the molecule is CC1CCCN(S(=O)(=O)c2ccc(NCC(C(C)C)N3CCOCC3)c([N+](=O)[O-])c2)C1. The van der Waals surface area contributed by atoms with Gasteiger partial charge in [-0.05, 0) is 36.8 Å². The molecule has 0 saturated carbocycles. The third-order valence-electron chi connectivity index (χ3n) is 6.21. The van der Waals surface area contributed by atoms with Gasteiger partial charge in [0.1, 0.15) is 5.69 Å². The summed E-state index contributed by atoms with van der Waals surface area (Å²) in [5.41, 5.74) is 0.130. The molecule has 2 fully saturated rings. The van der Waals surface area contributed by atoms with Crippen LogP contribution in [0.15, 0.2) is 23.1 Å². The fourth-order valence-corrected chi connectivity index (χ4v) is 6.02. The summed E-state index contributed by atoms with van der Waals surface area (Å²) in [5.74, 6) is 0.637. The summed E-state index contributed by atoms with van der Waals surface area (Å²) in [5, 5.41) is 14.9. The molecule has 1 N–H and O–H groups in total. The maximum absolute atomic E-state index is 13.0. The smallest absolute Gasteiger partial charge is 0.293 e. The number of piperidine rings is 1. The minimum Gasteiger partial charge on any atom is -0.379 e. The lowest BCUT2D eigenvalue weighted by molar-refractivity contribution is -0.384. The zero-order valence-electron chi connectivity index (χ0n) is 18.6. The largest absolute Gasteiger partial charge is 0.379 e. The molecule has 1 aromatic carbocycles. The number of nitrogens with zero attached hydrogens (tertiary/aromatic N) is 3. The van der Waals surface area contributed by atoms with Gasteiger partial charge in [0.2, 0.25) is 10.0 Å². The Bertz CT molecular complexity index is 871. The molecule has 0 aliphatic carbocycles. The first-order valence-electron chi connectivity index (χ1n) is 11.0. The summed E-state index contributed by atoms with van der Waals surface area (Å²) in [6.07, 6.45) is 1.80. The lowest BCUT2D eigenvalue weighted by Crippen LogP contribution is -2.49. The second-order valence-corrected chi connectivity index (χ2v) is 10.8. The van der Waals surface area contributed by atoms with Gasteiger partial charge < -0.3 is 10.1 Å². The summed E-state index contributed by atoms with van der Waals surface area (Å²) >= 11 is 0. The Labute approximate surface area is 184 Å². The van der Waals surface area contributed by atoms with Crippen LogP contribution in [0.25, 0.3) is 0 Å². The molecule has 0 amide bonds. The molecule has 10 heteroatoms. The van der Waals surface area contributed by atoms with Crippen LogP contribution < -0.4 is 5.32 Å². The van der Waals surface area contributed by atoms with E-state index in [1.54, 1.807) is 0 Å². The Balaban J connectivity index is 1.79. The van der Waals surface area contributed by atoms with Crippen LogP contribution in [-0.4, -0.2) is 74.5 Å². The van der Waals surface area contributed by atoms with Gasteiger partial charge in [-0.1, -0.05) is 20.8 Å². The lowest BCUT2D eigenvalue weighted by Gasteiger charge is -2.37. The number of nitrogens with one attached hydrogen (secondary N) is 1. The van der Waals surface area contributed by atoms with Gasteiger partial charge in [0, 0.05) is 44.8 Å². The predicted octanol–water partition coefficient (Wildman–Crippen LogP) is 2.78. The van der Waals surface area contributed by atoms with E-state index in [2.05, 4.69) is 24.1 Å². The van der Waals surface area contributed by atoms with E-state index in [1.165, 1.54) is 22.5 Å². The van der Waals surface area contributed by atoms with Gasteiger partial charge >= 0.3 is 0 Å². The van der Waals surface area contributed by atoms with Crippen LogP contribution in [0.5, 0.6) is 0 Å². The number of nitro groups is 1. The maximum Gasteiger partial charge on any atom is 0.293 e. The van der Waals surface area contributed by atoms with E-state index in [0.29, 0.717) is 44.5 Å². The van der Waals surface area contributed by atoms with Crippen LogP contribution >= 0.6 is 0 Å². The zero-order valence-corrected chi connectivity index (χ0v) is 19.4. The molecular weight excluding hydrogens is 420 g/mol. The number of anilines is 1. The van der Waals surface area contributed by atoms with Crippen molar-refractivity contribution in [2.75, 3.05) is 51.3 Å². The molecule has 0 bridgehead atoms. The quantitative estimate of drug-likeness (QED) is 0.476. The highest BCUT2D eigenvalue weighted by atomic mass is 32.2. The standard InChI is InChI=1S/C21H34N4O5S/c1-16(2)21(23-9-11-30-12-10-23)14-22-19-7-6-18(13-20(19)25(26)27)31(28,29)24-8-4-5-17(3)15-24/h6-7,13,16-17,21-22H,4-5,8-12,14-15H2,1-3H3.